The summed E-state index contributed by atoms with van der Waals surface area (Å²) < 4.78 is 24.5. The molecule has 0 saturated heterocycles. The number of carbonyl (C=O) groups excluding carboxylic acids is 1. The van der Waals surface area contributed by atoms with Gasteiger partial charge in [0.25, 0.3) is 12.0 Å². The predicted molar refractivity (Wildman–Crippen MR) is 50.1 cm³/mol. The van der Waals surface area contributed by atoms with Crippen molar-refractivity contribution in [3.05, 3.63) is 31.2 Å². The van der Waals surface area contributed by atoms with Gasteiger partial charge in [-0.15, -0.1) is 0 Å². The fourth-order valence-corrected chi connectivity index (χ4v) is 1.49. The Morgan fingerprint density at radius 3 is 2.62 bits per heavy atom. The molecule has 0 fully saturated rings. The number of aldehydes is 1. The van der Waals surface area contributed by atoms with Crippen LogP contribution in [0.25, 0.3) is 0 Å². The molecule has 0 aliphatic rings. The average molecular weight is 299 g/mol. The molecule has 0 radical (unpaired) electrons. The Kier molecular flexibility index (Phi) is 3.12. The number of aromatic nitrogens is 1. The van der Waals surface area contributed by atoms with Gasteiger partial charge in [0.1, 0.15) is 0 Å². The minimum Gasteiger partial charge on any atom is -0.320 e. The lowest BCUT2D eigenvalue weighted by Gasteiger charge is -2.02. The van der Waals surface area contributed by atoms with Crippen LogP contribution in [0.3, 0.4) is 0 Å². The first-order chi connectivity index (χ1) is 6.06. The summed E-state index contributed by atoms with van der Waals surface area (Å²) in [5, 5.41) is 0. The summed E-state index contributed by atoms with van der Waals surface area (Å²) in [6.45, 7) is 0. The largest absolute Gasteiger partial charge is 0.320 e. The van der Waals surface area contributed by atoms with Gasteiger partial charge in [0.2, 0.25) is 0 Å². The van der Waals surface area contributed by atoms with E-state index < -0.39 is 17.7 Å². The van der Waals surface area contributed by atoms with E-state index in [2.05, 4.69) is 0 Å². The topological polar surface area (TPSA) is 49.9 Å². The monoisotopic (exact) mass is 299 g/mol. The van der Waals surface area contributed by atoms with E-state index in [1.165, 1.54) is 0 Å². The molecule has 1 aromatic rings. The lowest BCUT2D eigenvalue weighted by molar-refractivity contribution is 0.112. The molecule has 0 saturated carbocycles. The standard InChI is InChI=1S/C7H4F2INO2/c8-6(9)5-4(10)1-3(2-12)7(13)11-5/h1-2,6H,(H,11,13). The van der Waals surface area contributed by atoms with Crippen LogP contribution in [0.5, 0.6) is 0 Å². The van der Waals surface area contributed by atoms with Crippen molar-refractivity contribution < 1.29 is 13.6 Å². The van der Waals surface area contributed by atoms with Crippen molar-refractivity contribution in [2.75, 3.05) is 0 Å². The van der Waals surface area contributed by atoms with E-state index in [0.29, 0.717) is 6.29 Å². The number of aromatic amines is 1. The summed E-state index contributed by atoms with van der Waals surface area (Å²) >= 11 is 1.63. The van der Waals surface area contributed by atoms with Crippen LogP contribution in [0.1, 0.15) is 22.5 Å². The molecule has 0 bridgehead atoms. The number of nitrogens with one attached hydrogen (secondary N) is 1. The molecule has 0 aromatic carbocycles. The first-order valence-electron chi connectivity index (χ1n) is 3.22. The Labute approximate surface area is 85.3 Å². The van der Waals surface area contributed by atoms with E-state index in [4.69, 9.17) is 0 Å². The van der Waals surface area contributed by atoms with Crippen molar-refractivity contribution >= 4 is 28.9 Å². The highest BCUT2D eigenvalue weighted by molar-refractivity contribution is 14.1. The second kappa shape index (κ2) is 3.95. The maximum absolute atomic E-state index is 12.2. The Morgan fingerprint density at radius 1 is 1.54 bits per heavy atom. The lowest BCUT2D eigenvalue weighted by Crippen LogP contribution is -2.15. The maximum Gasteiger partial charge on any atom is 0.279 e. The normalized spacial score (nSPS) is 10.5. The fraction of sp³-hybridized carbons (Fsp3) is 0.143. The molecule has 0 unspecified atom stereocenters. The molecule has 6 heteroatoms. The number of H-pyrrole nitrogens is 1. The van der Waals surface area contributed by atoms with Crippen molar-refractivity contribution in [1.82, 2.24) is 4.98 Å². The summed E-state index contributed by atoms with van der Waals surface area (Å²) in [7, 11) is 0. The number of hydrogen-bond acceptors (Lipinski definition) is 2. The molecule has 3 nitrogen and oxygen atoms in total. The summed E-state index contributed by atoms with van der Waals surface area (Å²) in [6, 6.07) is 1.13. The molecule has 0 spiro atoms. The molecular weight excluding hydrogens is 295 g/mol. The van der Waals surface area contributed by atoms with Crippen LogP contribution in [0.4, 0.5) is 8.78 Å². The van der Waals surface area contributed by atoms with E-state index in [0.717, 1.165) is 6.07 Å². The minimum absolute atomic E-state index is 0.145. The average Bonchev–Trinajstić information content (AvgIpc) is 2.07. The summed E-state index contributed by atoms with van der Waals surface area (Å²) in [4.78, 5) is 23.1. The zero-order valence-corrected chi connectivity index (χ0v) is 8.34. The molecular formula is C7H4F2INO2. The van der Waals surface area contributed by atoms with Crippen LogP contribution in [0.2, 0.25) is 0 Å². The van der Waals surface area contributed by atoms with Gasteiger partial charge >= 0.3 is 0 Å². The van der Waals surface area contributed by atoms with E-state index in [1.807, 2.05) is 4.98 Å². The smallest absolute Gasteiger partial charge is 0.279 e. The quantitative estimate of drug-likeness (QED) is 0.668. The molecule has 1 aromatic heterocycles. The van der Waals surface area contributed by atoms with Gasteiger partial charge in [-0.05, 0) is 28.7 Å². The number of hydrogen-bond donors (Lipinski definition) is 1. The Morgan fingerprint density at radius 2 is 2.15 bits per heavy atom. The third-order valence-corrected chi connectivity index (χ3v) is 2.29. The van der Waals surface area contributed by atoms with Crippen molar-refractivity contribution in [1.29, 1.82) is 0 Å². The molecule has 1 rings (SSSR count). The van der Waals surface area contributed by atoms with Crippen LogP contribution in [-0.2, 0) is 0 Å². The van der Waals surface area contributed by atoms with Gasteiger partial charge in [-0.3, -0.25) is 9.59 Å². The first kappa shape index (κ1) is 10.3. The Hall–Kier alpha value is -0.790. The van der Waals surface area contributed by atoms with Crippen LogP contribution in [0.15, 0.2) is 10.9 Å². The summed E-state index contributed by atoms with van der Waals surface area (Å²) in [5.41, 5.74) is -1.38. The van der Waals surface area contributed by atoms with E-state index in [-0.39, 0.29) is 9.13 Å². The van der Waals surface area contributed by atoms with Gasteiger partial charge in [-0.25, -0.2) is 8.78 Å². The molecule has 1 heterocycles. The van der Waals surface area contributed by atoms with E-state index in [1.54, 1.807) is 22.6 Å². The number of pyridine rings is 1. The zero-order valence-electron chi connectivity index (χ0n) is 6.18. The third-order valence-electron chi connectivity index (χ3n) is 1.40. The third kappa shape index (κ3) is 2.11. The van der Waals surface area contributed by atoms with Crippen LogP contribution < -0.4 is 5.56 Å². The summed E-state index contributed by atoms with van der Waals surface area (Å²) in [6.07, 6.45) is -2.41. The highest BCUT2D eigenvalue weighted by Crippen LogP contribution is 2.20. The molecule has 13 heavy (non-hydrogen) atoms. The molecule has 0 atom stereocenters. The van der Waals surface area contributed by atoms with Crippen molar-refractivity contribution in [2.24, 2.45) is 0 Å². The second-order valence-corrected chi connectivity index (χ2v) is 3.40. The Balaban J connectivity index is 3.37. The fourth-order valence-electron chi connectivity index (χ4n) is 0.780. The molecule has 0 aliphatic heterocycles. The number of alkyl halides is 2. The van der Waals surface area contributed by atoms with Gasteiger partial charge in [-0.1, -0.05) is 0 Å². The van der Waals surface area contributed by atoms with Gasteiger partial charge in [0.05, 0.1) is 11.3 Å². The number of rotatable bonds is 2. The van der Waals surface area contributed by atoms with Gasteiger partial charge in [0, 0.05) is 3.57 Å². The molecule has 0 aliphatic carbocycles. The summed E-state index contributed by atoms with van der Waals surface area (Å²) in [5.74, 6) is 0. The van der Waals surface area contributed by atoms with E-state index in [9.17, 15) is 18.4 Å². The predicted octanol–water partition coefficient (Wildman–Crippen LogP) is 1.73. The highest BCUT2D eigenvalue weighted by Gasteiger charge is 2.14. The number of carbonyl (C=O) groups is 1. The highest BCUT2D eigenvalue weighted by atomic mass is 127. The van der Waals surface area contributed by atoms with Crippen molar-refractivity contribution in [2.45, 2.75) is 6.43 Å². The van der Waals surface area contributed by atoms with Gasteiger partial charge in [-0.2, -0.15) is 0 Å². The van der Waals surface area contributed by atoms with E-state index >= 15 is 0 Å². The first-order valence-corrected chi connectivity index (χ1v) is 4.30. The van der Waals surface area contributed by atoms with Crippen LogP contribution >= 0.6 is 22.6 Å². The van der Waals surface area contributed by atoms with Crippen molar-refractivity contribution in [3.63, 3.8) is 0 Å². The lowest BCUT2D eigenvalue weighted by atomic mass is 10.2. The second-order valence-electron chi connectivity index (χ2n) is 2.23. The molecule has 70 valence electrons. The van der Waals surface area contributed by atoms with Crippen LogP contribution in [-0.4, -0.2) is 11.3 Å². The van der Waals surface area contributed by atoms with Crippen molar-refractivity contribution in [3.8, 4) is 0 Å². The number of halogens is 3. The Bertz CT molecular complexity index is 389. The molecule has 0 amide bonds. The van der Waals surface area contributed by atoms with Gasteiger partial charge in [0.15, 0.2) is 6.29 Å². The minimum atomic E-state index is -2.74. The van der Waals surface area contributed by atoms with Crippen LogP contribution in [0, 0.1) is 3.57 Å². The zero-order chi connectivity index (χ0) is 10.0. The molecule has 1 N–H and O–H groups in total. The maximum atomic E-state index is 12.2. The SMILES string of the molecule is O=Cc1cc(I)c(C(F)F)[nH]c1=O. The van der Waals surface area contributed by atoms with Gasteiger partial charge < -0.3 is 4.98 Å².